The van der Waals surface area contributed by atoms with Gasteiger partial charge in [0.15, 0.2) is 0 Å². The van der Waals surface area contributed by atoms with Gasteiger partial charge in [-0.25, -0.2) is 0 Å². The molecule has 0 N–H and O–H groups in total. The Balaban J connectivity index is 1.48. The number of rotatable bonds is 4. The van der Waals surface area contributed by atoms with Gasteiger partial charge >= 0.3 is 0 Å². The molecule has 1 saturated heterocycles. The quantitative estimate of drug-likeness (QED) is 0.850. The van der Waals surface area contributed by atoms with Crippen molar-refractivity contribution in [1.29, 1.82) is 0 Å². The van der Waals surface area contributed by atoms with Crippen LogP contribution in [0.2, 0.25) is 0 Å². The zero-order valence-electron chi connectivity index (χ0n) is 13.5. The molecule has 2 aliphatic rings. The fraction of sp³-hybridized carbons (Fsp3) is 0.706. The number of nitrogens with zero attached hydrogens (tertiary/aromatic N) is 4. The van der Waals surface area contributed by atoms with Crippen molar-refractivity contribution in [2.45, 2.75) is 38.1 Å². The van der Waals surface area contributed by atoms with E-state index in [1.807, 2.05) is 17.9 Å². The molecule has 116 valence electrons. The summed E-state index contributed by atoms with van der Waals surface area (Å²) in [5, 5.41) is 4.27. The van der Waals surface area contributed by atoms with Gasteiger partial charge in [-0.2, -0.15) is 5.10 Å². The third-order valence-electron chi connectivity index (χ3n) is 5.07. The molecule has 0 aromatic carbocycles. The summed E-state index contributed by atoms with van der Waals surface area (Å²) in [4.78, 5) is 5.16. The molecule has 3 heterocycles. The largest absolute Gasteiger partial charge is 0.303 e. The van der Waals surface area contributed by atoms with Crippen LogP contribution in [0.25, 0.3) is 5.57 Å². The minimum Gasteiger partial charge on any atom is -0.303 e. The molecule has 1 aromatic heterocycles. The van der Waals surface area contributed by atoms with Gasteiger partial charge in [0.2, 0.25) is 0 Å². The smallest absolute Gasteiger partial charge is 0.0564 e. The molecule has 3 rings (SSSR count). The summed E-state index contributed by atoms with van der Waals surface area (Å²) in [5.41, 5.74) is 2.76. The van der Waals surface area contributed by atoms with E-state index >= 15 is 0 Å². The Hall–Kier alpha value is -1.13. The van der Waals surface area contributed by atoms with Crippen molar-refractivity contribution in [3.05, 3.63) is 24.0 Å². The van der Waals surface area contributed by atoms with Crippen molar-refractivity contribution in [2.24, 2.45) is 7.05 Å². The van der Waals surface area contributed by atoms with Gasteiger partial charge in [0, 0.05) is 37.9 Å². The molecule has 1 unspecified atom stereocenters. The number of piperidine rings is 1. The summed E-state index contributed by atoms with van der Waals surface area (Å²) >= 11 is 0. The lowest BCUT2D eigenvalue weighted by Crippen LogP contribution is -2.39. The summed E-state index contributed by atoms with van der Waals surface area (Å²) in [6.45, 7) is 4.82. The van der Waals surface area contributed by atoms with E-state index < -0.39 is 0 Å². The van der Waals surface area contributed by atoms with Gasteiger partial charge in [-0.3, -0.25) is 9.58 Å². The third kappa shape index (κ3) is 3.74. The average molecular weight is 288 g/mol. The maximum Gasteiger partial charge on any atom is 0.0564 e. The summed E-state index contributed by atoms with van der Waals surface area (Å²) < 4.78 is 1.89. The second-order valence-electron chi connectivity index (χ2n) is 6.60. The normalized spacial score (nSPS) is 25.0. The number of hydrogen-bond acceptors (Lipinski definition) is 3. The summed E-state index contributed by atoms with van der Waals surface area (Å²) in [6.07, 6.45) is 13.2. The van der Waals surface area contributed by atoms with Gasteiger partial charge in [0.25, 0.3) is 0 Å². The van der Waals surface area contributed by atoms with Gasteiger partial charge in [-0.05, 0) is 51.4 Å². The molecule has 0 bridgehead atoms. The molecule has 2 aliphatic heterocycles. The van der Waals surface area contributed by atoms with E-state index in [-0.39, 0.29) is 0 Å². The number of likely N-dealkylation sites (tertiary alicyclic amines) is 1. The van der Waals surface area contributed by atoms with Crippen molar-refractivity contribution in [3.8, 4) is 0 Å². The van der Waals surface area contributed by atoms with Gasteiger partial charge in [-0.1, -0.05) is 12.5 Å². The van der Waals surface area contributed by atoms with Crippen LogP contribution in [0, 0.1) is 0 Å². The minimum atomic E-state index is 0.808. The van der Waals surface area contributed by atoms with E-state index in [2.05, 4.69) is 34.2 Å². The van der Waals surface area contributed by atoms with Gasteiger partial charge in [-0.15, -0.1) is 0 Å². The molecule has 1 atom stereocenters. The van der Waals surface area contributed by atoms with E-state index in [9.17, 15) is 0 Å². The van der Waals surface area contributed by atoms with Crippen LogP contribution in [0.5, 0.6) is 0 Å². The number of hydrogen-bond donors (Lipinski definition) is 0. The van der Waals surface area contributed by atoms with Crippen LogP contribution in [0.3, 0.4) is 0 Å². The molecule has 0 saturated carbocycles. The van der Waals surface area contributed by atoms with Crippen LogP contribution in [0.4, 0.5) is 0 Å². The molecular formula is C17H28N4. The van der Waals surface area contributed by atoms with Crippen molar-refractivity contribution >= 4 is 5.57 Å². The SMILES string of the molecule is CN1CCCCC1CCN1CC=C(c2cnn(C)c2)CC1. The topological polar surface area (TPSA) is 24.3 Å². The Kier molecular flexibility index (Phi) is 4.76. The highest BCUT2D eigenvalue weighted by molar-refractivity contribution is 5.65. The Morgan fingerprint density at radius 3 is 2.81 bits per heavy atom. The molecular weight excluding hydrogens is 260 g/mol. The molecule has 4 heteroatoms. The maximum absolute atomic E-state index is 4.27. The van der Waals surface area contributed by atoms with Crippen molar-refractivity contribution in [2.75, 3.05) is 33.2 Å². The summed E-state index contributed by atoms with van der Waals surface area (Å²) in [7, 11) is 4.28. The Labute approximate surface area is 128 Å². The van der Waals surface area contributed by atoms with Gasteiger partial charge < -0.3 is 4.90 Å². The molecule has 21 heavy (non-hydrogen) atoms. The predicted molar refractivity (Wildman–Crippen MR) is 87.1 cm³/mol. The van der Waals surface area contributed by atoms with E-state index in [1.165, 1.54) is 56.5 Å². The minimum absolute atomic E-state index is 0.808. The Bertz CT molecular complexity index is 491. The first-order chi connectivity index (χ1) is 10.2. The van der Waals surface area contributed by atoms with E-state index in [1.54, 1.807) is 0 Å². The Morgan fingerprint density at radius 1 is 1.24 bits per heavy atom. The van der Waals surface area contributed by atoms with E-state index in [4.69, 9.17) is 0 Å². The van der Waals surface area contributed by atoms with Crippen molar-refractivity contribution < 1.29 is 0 Å². The zero-order chi connectivity index (χ0) is 14.7. The number of aryl methyl sites for hydroxylation is 1. The molecule has 1 aromatic rings. The Morgan fingerprint density at radius 2 is 2.14 bits per heavy atom. The molecule has 4 nitrogen and oxygen atoms in total. The fourth-order valence-electron chi connectivity index (χ4n) is 3.60. The fourth-order valence-corrected chi connectivity index (χ4v) is 3.60. The third-order valence-corrected chi connectivity index (χ3v) is 5.07. The van der Waals surface area contributed by atoms with Gasteiger partial charge in [0.1, 0.15) is 0 Å². The van der Waals surface area contributed by atoms with E-state index in [0.29, 0.717) is 0 Å². The molecule has 0 amide bonds. The first-order valence-electron chi connectivity index (χ1n) is 8.33. The van der Waals surface area contributed by atoms with Crippen LogP contribution in [-0.4, -0.2) is 58.8 Å². The standard InChI is InChI=1S/C17H28N4/c1-19-9-4-3-5-17(19)8-12-21-10-6-15(7-11-21)16-13-18-20(2)14-16/h6,13-14,17H,3-5,7-12H2,1-2H3. The first-order valence-corrected chi connectivity index (χ1v) is 8.33. The van der Waals surface area contributed by atoms with E-state index in [0.717, 1.165) is 19.0 Å². The van der Waals surface area contributed by atoms with Crippen LogP contribution in [0.1, 0.15) is 37.7 Å². The van der Waals surface area contributed by atoms with Crippen LogP contribution < -0.4 is 0 Å². The number of aromatic nitrogens is 2. The van der Waals surface area contributed by atoms with Gasteiger partial charge in [0.05, 0.1) is 6.20 Å². The highest BCUT2D eigenvalue weighted by Crippen LogP contribution is 2.23. The lowest BCUT2D eigenvalue weighted by atomic mass is 9.99. The van der Waals surface area contributed by atoms with Crippen molar-refractivity contribution in [1.82, 2.24) is 19.6 Å². The van der Waals surface area contributed by atoms with Crippen LogP contribution in [0.15, 0.2) is 18.5 Å². The monoisotopic (exact) mass is 288 g/mol. The predicted octanol–water partition coefficient (Wildman–Crippen LogP) is 2.38. The second-order valence-corrected chi connectivity index (χ2v) is 6.60. The van der Waals surface area contributed by atoms with Crippen LogP contribution in [-0.2, 0) is 7.05 Å². The molecule has 1 fully saturated rings. The lowest BCUT2D eigenvalue weighted by molar-refractivity contribution is 0.157. The summed E-state index contributed by atoms with van der Waals surface area (Å²) in [5.74, 6) is 0. The lowest BCUT2D eigenvalue weighted by Gasteiger charge is -2.34. The zero-order valence-corrected chi connectivity index (χ0v) is 13.5. The highest BCUT2D eigenvalue weighted by atomic mass is 15.2. The van der Waals surface area contributed by atoms with Crippen molar-refractivity contribution in [3.63, 3.8) is 0 Å². The highest BCUT2D eigenvalue weighted by Gasteiger charge is 2.20. The second kappa shape index (κ2) is 6.75. The molecule has 0 radical (unpaired) electrons. The first kappa shape index (κ1) is 14.8. The maximum atomic E-state index is 4.27. The summed E-state index contributed by atoms with van der Waals surface area (Å²) in [6, 6.07) is 0.808. The van der Waals surface area contributed by atoms with Crippen LogP contribution >= 0.6 is 0 Å². The molecule has 0 spiro atoms. The average Bonchev–Trinajstić information content (AvgIpc) is 2.94. The molecule has 0 aliphatic carbocycles.